The number of likely N-dealkylation sites (N-methyl/N-ethyl adjacent to an activating group) is 1. The van der Waals surface area contributed by atoms with Crippen LogP contribution in [0.15, 0.2) is 24.3 Å². The number of hydrogen-bond donors (Lipinski definition) is 1. The SMILES string of the molecule is COc1cc(/C=C/C(=O)NC2CCC(C)CC2)ccc1OCC(=O)N1CCN(C)CC1. The van der Waals surface area contributed by atoms with Crippen molar-refractivity contribution in [3.05, 3.63) is 29.8 Å². The molecule has 1 aliphatic carbocycles. The Morgan fingerprint density at radius 1 is 1.10 bits per heavy atom. The quantitative estimate of drug-likeness (QED) is 0.675. The normalized spacial score (nSPS) is 22.4. The van der Waals surface area contributed by atoms with E-state index in [0.29, 0.717) is 11.5 Å². The van der Waals surface area contributed by atoms with E-state index in [4.69, 9.17) is 9.47 Å². The van der Waals surface area contributed by atoms with E-state index in [9.17, 15) is 9.59 Å². The van der Waals surface area contributed by atoms with Gasteiger partial charge < -0.3 is 24.6 Å². The first-order valence-corrected chi connectivity index (χ1v) is 11.2. The number of ether oxygens (including phenoxy) is 2. The van der Waals surface area contributed by atoms with Crippen LogP contribution in [0.5, 0.6) is 11.5 Å². The van der Waals surface area contributed by atoms with Crippen molar-refractivity contribution in [3.8, 4) is 11.5 Å². The van der Waals surface area contributed by atoms with Crippen LogP contribution in [0.4, 0.5) is 0 Å². The predicted octanol–water partition coefficient (Wildman–Crippen LogP) is 2.56. The largest absolute Gasteiger partial charge is 0.493 e. The van der Waals surface area contributed by atoms with Crippen molar-refractivity contribution in [2.24, 2.45) is 5.92 Å². The molecule has 2 aliphatic rings. The van der Waals surface area contributed by atoms with E-state index in [-0.39, 0.29) is 24.5 Å². The molecule has 0 unspecified atom stereocenters. The number of benzene rings is 1. The van der Waals surface area contributed by atoms with Crippen LogP contribution in [0, 0.1) is 5.92 Å². The van der Waals surface area contributed by atoms with Gasteiger partial charge >= 0.3 is 0 Å². The van der Waals surface area contributed by atoms with E-state index >= 15 is 0 Å². The monoisotopic (exact) mass is 429 g/mol. The van der Waals surface area contributed by atoms with Gasteiger partial charge in [-0.05, 0) is 62.4 Å². The van der Waals surface area contributed by atoms with E-state index in [1.54, 1.807) is 25.3 Å². The highest BCUT2D eigenvalue weighted by atomic mass is 16.5. The predicted molar refractivity (Wildman–Crippen MR) is 121 cm³/mol. The van der Waals surface area contributed by atoms with Gasteiger partial charge in [-0.1, -0.05) is 13.0 Å². The van der Waals surface area contributed by atoms with Gasteiger partial charge in [0.2, 0.25) is 5.91 Å². The van der Waals surface area contributed by atoms with E-state index in [2.05, 4.69) is 24.2 Å². The molecule has 1 aromatic rings. The van der Waals surface area contributed by atoms with Crippen LogP contribution < -0.4 is 14.8 Å². The Balaban J connectivity index is 1.51. The van der Waals surface area contributed by atoms with Crippen molar-refractivity contribution in [1.82, 2.24) is 15.1 Å². The third-order valence-corrected chi connectivity index (χ3v) is 6.18. The highest BCUT2D eigenvalue weighted by Gasteiger charge is 2.20. The summed E-state index contributed by atoms with van der Waals surface area (Å²) >= 11 is 0. The molecule has 0 bridgehead atoms. The number of piperazine rings is 1. The van der Waals surface area contributed by atoms with Gasteiger partial charge in [-0.2, -0.15) is 0 Å². The van der Waals surface area contributed by atoms with Crippen molar-refractivity contribution in [2.45, 2.75) is 38.6 Å². The Hall–Kier alpha value is -2.54. The van der Waals surface area contributed by atoms with Crippen molar-refractivity contribution in [2.75, 3.05) is 46.9 Å². The van der Waals surface area contributed by atoms with Crippen molar-refractivity contribution < 1.29 is 19.1 Å². The summed E-state index contributed by atoms with van der Waals surface area (Å²) in [4.78, 5) is 28.7. The summed E-state index contributed by atoms with van der Waals surface area (Å²) in [6.07, 6.45) is 7.77. The number of amides is 2. The van der Waals surface area contributed by atoms with Crippen LogP contribution in [-0.2, 0) is 9.59 Å². The molecular weight excluding hydrogens is 394 g/mol. The van der Waals surface area contributed by atoms with Crippen molar-refractivity contribution in [1.29, 1.82) is 0 Å². The molecule has 2 amide bonds. The van der Waals surface area contributed by atoms with E-state index < -0.39 is 0 Å². The fraction of sp³-hybridized carbons (Fsp3) is 0.583. The summed E-state index contributed by atoms with van der Waals surface area (Å²) in [7, 11) is 3.62. The number of carbonyl (C=O) groups is 2. The molecule has 0 atom stereocenters. The third kappa shape index (κ3) is 6.99. The van der Waals surface area contributed by atoms with Crippen molar-refractivity contribution in [3.63, 3.8) is 0 Å². The average Bonchev–Trinajstić information content (AvgIpc) is 2.78. The minimum Gasteiger partial charge on any atom is -0.493 e. The maximum absolute atomic E-state index is 12.4. The lowest BCUT2D eigenvalue weighted by molar-refractivity contribution is -0.135. The van der Waals surface area contributed by atoms with Gasteiger partial charge in [0.1, 0.15) is 0 Å². The maximum Gasteiger partial charge on any atom is 0.260 e. The second-order valence-corrected chi connectivity index (χ2v) is 8.68. The Morgan fingerprint density at radius 2 is 1.81 bits per heavy atom. The zero-order chi connectivity index (χ0) is 22.2. The summed E-state index contributed by atoms with van der Waals surface area (Å²) < 4.78 is 11.2. The number of rotatable bonds is 7. The molecule has 0 spiro atoms. The lowest BCUT2D eigenvalue weighted by Gasteiger charge is -2.32. The van der Waals surface area contributed by atoms with Gasteiger partial charge in [0.15, 0.2) is 18.1 Å². The Bertz CT molecular complexity index is 779. The summed E-state index contributed by atoms with van der Waals surface area (Å²) in [6.45, 7) is 5.45. The Labute approximate surface area is 185 Å². The zero-order valence-corrected chi connectivity index (χ0v) is 18.9. The number of hydrogen-bond acceptors (Lipinski definition) is 5. The molecule has 1 saturated heterocycles. The van der Waals surface area contributed by atoms with Crippen LogP contribution >= 0.6 is 0 Å². The molecule has 0 radical (unpaired) electrons. The van der Waals surface area contributed by atoms with E-state index in [0.717, 1.165) is 50.5 Å². The van der Waals surface area contributed by atoms with Crippen LogP contribution in [0.1, 0.15) is 38.2 Å². The molecule has 3 rings (SSSR count). The molecule has 7 heteroatoms. The van der Waals surface area contributed by atoms with Gasteiger partial charge in [0.25, 0.3) is 5.91 Å². The first kappa shape index (κ1) is 23.1. The number of carbonyl (C=O) groups excluding carboxylic acids is 2. The van der Waals surface area contributed by atoms with Crippen LogP contribution in [0.2, 0.25) is 0 Å². The molecule has 1 saturated carbocycles. The lowest BCUT2D eigenvalue weighted by Crippen LogP contribution is -2.48. The fourth-order valence-corrected chi connectivity index (χ4v) is 4.02. The van der Waals surface area contributed by atoms with Crippen molar-refractivity contribution >= 4 is 17.9 Å². The third-order valence-electron chi connectivity index (χ3n) is 6.18. The van der Waals surface area contributed by atoms with Crippen LogP contribution in [0.3, 0.4) is 0 Å². The minimum absolute atomic E-state index is 0.0162. The second-order valence-electron chi connectivity index (χ2n) is 8.68. The number of methoxy groups -OCH3 is 1. The van der Waals surface area contributed by atoms with Gasteiger partial charge in [-0.3, -0.25) is 9.59 Å². The van der Waals surface area contributed by atoms with E-state index in [1.807, 2.05) is 17.0 Å². The molecule has 170 valence electrons. The topological polar surface area (TPSA) is 71.1 Å². The second kappa shape index (κ2) is 11.2. The highest BCUT2D eigenvalue weighted by molar-refractivity contribution is 5.92. The molecule has 0 aromatic heterocycles. The van der Waals surface area contributed by atoms with Gasteiger partial charge in [-0.15, -0.1) is 0 Å². The summed E-state index contributed by atoms with van der Waals surface area (Å²) in [5, 5.41) is 3.09. The lowest BCUT2D eigenvalue weighted by atomic mass is 9.87. The molecule has 1 aromatic carbocycles. The van der Waals surface area contributed by atoms with Gasteiger partial charge in [0.05, 0.1) is 7.11 Å². The standard InChI is InChI=1S/C24H35N3O4/c1-18-4-8-20(9-5-18)25-23(28)11-7-19-6-10-21(22(16-19)30-3)31-17-24(29)27-14-12-26(2)13-15-27/h6-7,10-11,16,18,20H,4-5,8-9,12-15,17H2,1-3H3,(H,25,28)/b11-7+. The number of nitrogens with zero attached hydrogens (tertiary/aromatic N) is 2. The van der Waals surface area contributed by atoms with Crippen LogP contribution in [-0.4, -0.2) is 74.6 Å². The molecule has 7 nitrogen and oxygen atoms in total. The molecule has 1 N–H and O–H groups in total. The fourth-order valence-electron chi connectivity index (χ4n) is 4.02. The number of nitrogens with one attached hydrogen (secondary N) is 1. The Kier molecular flexibility index (Phi) is 8.35. The molecule has 1 heterocycles. The zero-order valence-electron chi connectivity index (χ0n) is 18.9. The molecule has 31 heavy (non-hydrogen) atoms. The summed E-state index contributed by atoms with van der Waals surface area (Å²) in [5.74, 6) is 1.72. The van der Waals surface area contributed by atoms with Gasteiger partial charge in [-0.25, -0.2) is 0 Å². The average molecular weight is 430 g/mol. The molecule has 1 aliphatic heterocycles. The summed E-state index contributed by atoms with van der Waals surface area (Å²) in [6, 6.07) is 5.71. The Morgan fingerprint density at radius 3 is 2.48 bits per heavy atom. The first-order valence-electron chi connectivity index (χ1n) is 11.2. The maximum atomic E-state index is 12.4. The molecule has 2 fully saturated rings. The van der Waals surface area contributed by atoms with Crippen LogP contribution in [0.25, 0.3) is 6.08 Å². The highest BCUT2D eigenvalue weighted by Crippen LogP contribution is 2.29. The van der Waals surface area contributed by atoms with E-state index in [1.165, 1.54) is 12.8 Å². The smallest absolute Gasteiger partial charge is 0.260 e. The first-order chi connectivity index (χ1) is 14.9. The van der Waals surface area contributed by atoms with Gasteiger partial charge in [0, 0.05) is 38.3 Å². The summed E-state index contributed by atoms with van der Waals surface area (Å²) in [5.41, 5.74) is 0.835. The minimum atomic E-state index is -0.0726. The molecular formula is C24H35N3O4.